The Labute approximate surface area is 166 Å². The maximum atomic E-state index is 3.48. The molecule has 142 valence electrons. The fraction of sp³-hybridized carbons (Fsp3) is 0.0435. The van der Waals surface area contributed by atoms with E-state index in [0.29, 0.717) is 0 Å². The molecule has 6 nitrogen and oxygen atoms in total. The van der Waals surface area contributed by atoms with Crippen molar-refractivity contribution in [2.45, 2.75) is 0 Å². The summed E-state index contributed by atoms with van der Waals surface area (Å²) in [6.07, 6.45) is 12.6. The number of aromatic nitrogens is 4. The minimum absolute atomic E-state index is 0.774. The number of rotatable bonds is 0. The van der Waals surface area contributed by atoms with Crippen molar-refractivity contribution in [2.75, 3.05) is 6.67 Å². The lowest BCUT2D eigenvalue weighted by atomic mass is 10.3. The van der Waals surface area contributed by atoms with E-state index in [1.54, 1.807) is 0 Å². The minimum atomic E-state index is 0.774. The Hall–Kier alpha value is -4.06. The zero-order valence-corrected chi connectivity index (χ0v) is 15.7. The minimum Gasteiger partial charge on any atom is -0.354 e. The zero-order valence-electron chi connectivity index (χ0n) is 15.7. The van der Waals surface area contributed by atoms with Gasteiger partial charge in [0.25, 0.3) is 0 Å². The largest absolute Gasteiger partial charge is 0.354 e. The van der Waals surface area contributed by atoms with Gasteiger partial charge in [-0.1, -0.05) is 0 Å². The summed E-state index contributed by atoms with van der Waals surface area (Å²) in [7, 11) is 0. The monoisotopic (exact) mass is 380 g/mol. The average molecular weight is 380 g/mol. The van der Waals surface area contributed by atoms with Crippen molar-refractivity contribution in [1.29, 1.82) is 0 Å². The number of nitrogens with one attached hydrogen (secondary N) is 4. The van der Waals surface area contributed by atoms with E-state index in [4.69, 9.17) is 0 Å². The SMILES string of the molecule is C1=CN2C=c3ccc([nH]3)=Cc3ccc([nH]3)-c3ccc([nH]3)C=c3ccc([nH]3)=CN1C2. The molecule has 29 heavy (non-hydrogen) atoms. The third kappa shape index (κ3) is 3.10. The highest BCUT2D eigenvalue weighted by molar-refractivity contribution is 5.62. The van der Waals surface area contributed by atoms with Crippen LogP contribution >= 0.6 is 0 Å². The van der Waals surface area contributed by atoms with Crippen molar-refractivity contribution in [3.63, 3.8) is 0 Å². The van der Waals surface area contributed by atoms with Crippen molar-refractivity contribution in [2.24, 2.45) is 0 Å². The number of hydrogen-bond donors (Lipinski definition) is 4. The van der Waals surface area contributed by atoms with Crippen molar-refractivity contribution in [3.05, 3.63) is 93.7 Å². The second-order valence-electron chi connectivity index (χ2n) is 7.41. The molecule has 0 radical (unpaired) electrons. The topological polar surface area (TPSA) is 69.6 Å². The molecular weight excluding hydrogens is 360 g/mol. The molecule has 4 N–H and O–H groups in total. The molecule has 0 unspecified atom stereocenters. The van der Waals surface area contributed by atoms with Crippen LogP contribution in [0.5, 0.6) is 0 Å². The van der Waals surface area contributed by atoms with E-state index in [2.05, 4.69) is 115 Å². The number of H-pyrrole nitrogens is 4. The maximum Gasteiger partial charge on any atom is 0.0979 e. The normalized spacial score (nSPS) is 14.9. The predicted molar refractivity (Wildman–Crippen MR) is 114 cm³/mol. The summed E-state index contributed by atoms with van der Waals surface area (Å²) in [5, 5.41) is 4.26. The number of fused-ring (bicyclic) bond motifs is 11. The standard InChI is InChI=1S/C23H20N6/c1-3-20-13-28-9-10-29(15-28)14-21-4-2-17(25-21)12-19-6-8-23(27-19)22-7-5-18(26-22)11-16(1)24-20/h1-14,24-27H,15H2. The molecule has 0 aliphatic carbocycles. The highest BCUT2D eigenvalue weighted by Gasteiger charge is 2.08. The van der Waals surface area contributed by atoms with Gasteiger partial charge in [-0.2, -0.15) is 0 Å². The Bertz CT molecular complexity index is 1340. The average Bonchev–Trinajstić information content (AvgIpc) is 3.50. The molecule has 4 aromatic rings. The fourth-order valence-electron chi connectivity index (χ4n) is 3.80. The van der Waals surface area contributed by atoms with Gasteiger partial charge in [-0.3, -0.25) is 0 Å². The highest BCUT2D eigenvalue weighted by atomic mass is 15.3. The first kappa shape index (κ1) is 15.9. The summed E-state index contributed by atoms with van der Waals surface area (Å²) >= 11 is 0. The molecule has 6 heteroatoms. The number of aromatic amines is 4. The Morgan fingerprint density at radius 3 is 1.52 bits per heavy atom. The molecule has 0 fully saturated rings. The molecule has 6 heterocycles. The predicted octanol–water partition coefficient (Wildman–Crippen LogP) is 0.859. The van der Waals surface area contributed by atoms with Crippen LogP contribution in [0.3, 0.4) is 0 Å². The molecule has 0 saturated heterocycles. The Morgan fingerprint density at radius 1 is 0.517 bits per heavy atom. The first-order valence-electron chi connectivity index (χ1n) is 9.62. The summed E-state index contributed by atoms with van der Waals surface area (Å²) in [4.78, 5) is 18.2. The van der Waals surface area contributed by atoms with Gasteiger partial charge in [-0.05, 0) is 60.7 Å². The molecule has 2 aliphatic heterocycles. The van der Waals surface area contributed by atoms with E-state index in [-0.39, 0.29) is 0 Å². The van der Waals surface area contributed by atoms with E-state index in [9.17, 15) is 0 Å². The Balaban J connectivity index is 1.51. The van der Waals surface area contributed by atoms with Crippen LogP contribution < -0.4 is 21.4 Å². The Morgan fingerprint density at radius 2 is 1.00 bits per heavy atom. The van der Waals surface area contributed by atoms with Gasteiger partial charge in [0.05, 0.1) is 28.8 Å². The summed E-state index contributed by atoms with van der Waals surface area (Å²) in [6.45, 7) is 0.774. The molecule has 0 amide bonds. The molecule has 4 aromatic heterocycles. The highest BCUT2D eigenvalue weighted by Crippen LogP contribution is 2.18. The first-order chi connectivity index (χ1) is 14.3. The molecule has 0 saturated carbocycles. The van der Waals surface area contributed by atoms with Crippen LogP contribution in [0.15, 0.2) is 60.9 Å². The smallest absolute Gasteiger partial charge is 0.0979 e. The van der Waals surface area contributed by atoms with E-state index in [1.165, 1.54) is 0 Å². The van der Waals surface area contributed by atoms with Crippen LogP contribution in [0, 0.1) is 0 Å². The number of nitrogens with zero attached hydrogens (tertiary/aromatic N) is 2. The third-order valence-corrected chi connectivity index (χ3v) is 5.18. The second-order valence-corrected chi connectivity index (χ2v) is 7.41. The van der Waals surface area contributed by atoms with Gasteiger partial charge in [0.2, 0.25) is 0 Å². The molecule has 10 bridgehead atoms. The molecule has 2 aliphatic rings. The van der Waals surface area contributed by atoms with Crippen LogP contribution in [-0.4, -0.2) is 36.4 Å². The zero-order chi connectivity index (χ0) is 19.2. The molecule has 0 aromatic carbocycles. The number of hydrogen-bond acceptors (Lipinski definition) is 2. The van der Waals surface area contributed by atoms with Gasteiger partial charge >= 0.3 is 0 Å². The Kier molecular flexibility index (Phi) is 3.43. The van der Waals surface area contributed by atoms with Gasteiger partial charge in [-0.15, -0.1) is 0 Å². The van der Waals surface area contributed by atoms with Gasteiger partial charge in [0, 0.05) is 46.9 Å². The van der Waals surface area contributed by atoms with Crippen molar-refractivity contribution >= 4 is 24.6 Å². The van der Waals surface area contributed by atoms with E-state index in [1.807, 2.05) is 0 Å². The quantitative estimate of drug-likeness (QED) is 0.366. The second kappa shape index (κ2) is 6.24. The molecule has 0 atom stereocenters. The van der Waals surface area contributed by atoms with Gasteiger partial charge in [0.15, 0.2) is 0 Å². The molecule has 0 spiro atoms. The van der Waals surface area contributed by atoms with Crippen LogP contribution in [0.4, 0.5) is 0 Å². The van der Waals surface area contributed by atoms with Crippen molar-refractivity contribution in [3.8, 4) is 11.4 Å². The molecule has 6 rings (SSSR count). The lowest BCUT2D eigenvalue weighted by Crippen LogP contribution is -2.23. The van der Waals surface area contributed by atoms with Gasteiger partial charge in [-0.25, -0.2) is 0 Å². The third-order valence-electron chi connectivity index (χ3n) is 5.18. The maximum absolute atomic E-state index is 3.48. The van der Waals surface area contributed by atoms with Gasteiger partial charge < -0.3 is 29.7 Å². The van der Waals surface area contributed by atoms with Crippen molar-refractivity contribution in [1.82, 2.24) is 29.7 Å². The summed E-state index contributed by atoms with van der Waals surface area (Å²) in [5.41, 5.74) is 4.24. The summed E-state index contributed by atoms with van der Waals surface area (Å²) in [5.74, 6) is 0. The van der Waals surface area contributed by atoms with Gasteiger partial charge in [0.1, 0.15) is 0 Å². The van der Waals surface area contributed by atoms with Crippen LogP contribution in [0.2, 0.25) is 0 Å². The summed E-state index contributed by atoms with van der Waals surface area (Å²) < 4.78 is 0. The lowest BCUT2D eigenvalue weighted by Gasteiger charge is -2.13. The molecular formula is C23H20N6. The van der Waals surface area contributed by atoms with Crippen LogP contribution in [-0.2, 0) is 0 Å². The van der Waals surface area contributed by atoms with Crippen LogP contribution in [0.25, 0.3) is 35.9 Å². The first-order valence-corrected chi connectivity index (χ1v) is 9.62. The summed E-state index contributed by atoms with van der Waals surface area (Å²) in [6, 6.07) is 16.8. The van der Waals surface area contributed by atoms with E-state index >= 15 is 0 Å². The van der Waals surface area contributed by atoms with E-state index in [0.717, 1.165) is 50.8 Å². The van der Waals surface area contributed by atoms with Crippen LogP contribution in [0.1, 0.15) is 11.4 Å². The van der Waals surface area contributed by atoms with E-state index < -0.39 is 0 Å². The lowest BCUT2D eigenvalue weighted by molar-refractivity contribution is 0.436. The van der Waals surface area contributed by atoms with Crippen molar-refractivity contribution < 1.29 is 0 Å². The fourth-order valence-corrected chi connectivity index (χ4v) is 3.80.